The fraction of sp³-hybridized carbons (Fsp3) is 1.00. The van der Waals surface area contributed by atoms with E-state index in [1.807, 2.05) is 0 Å². The van der Waals surface area contributed by atoms with Gasteiger partial charge in [-0.15, -0.1) is 0 Å². The van der Waals surface area contributed by atoms with Crippen LogP contribution in [0.5, 0.6) is 0 Å². The molecule has 2 nitrogen and oxygen atoms in total. The van der Waals surface area contributed by atoms with Gasteiger partial charge in [-0.3, -0.25) is 0 Å². The van der Waals surface area contributed by atoms with Crippen LogP contribution in [0.15, 0.2) is 0 Å². The van der Waals surface area contributed by atoms with Crippen molar-refractivity contribution in [1.29, 1.82) is 0 Å². The topological polar surface area (TPSA) is 29.5 Å². The zero-order valence-electron chi connectivity index (χ0n) is 5.68. The van der Waals surface area contributed by atoms with Crippen LogP contribution >= 0.6 is 0 Å². The van der Waals surface area contributed by atoms with Gasteiger partial charge in [-0.1, -0.05) is 12.8 Å². The van der Waals surface area contributed by atoms with Crippen molar-refractivity contribution in [2.75, 3.05) is 19.8 Å². The minimum Gasteiger partial charge on any atom is -0.394 e. The summed E-state index contributed by atoms with van der Waals surface area (Å²) >= 11 is 0. The number of ether oxygens (including phenoxy) is 1. The van der Waals surface area contributed by atoms with Crippen molar-refractivity contribution in [2.45, 2.75) is 19.3 Å². The van der Waals surface area contributed by atoms with E-state index in [1.165, 1.54) is 19.3 Å². The molecule has 0 aliphatic heterocycles. The zero-order chi connectivity index (χ0) is 6.53. The Morgan fingerprint density at radius 2 is 2.11 bits per heavy atom. The second kappa shape index (κ2) is 3.85. The number of hydrogen-bond donors (Lipinski definition) is 1. The predicted molar refractivity (Wildman–Crippen MR) is 35.2 cm³/mol. The van der Waals surface area contributed by atoms with Crippen LogP contribution < -0.4 is 0 Å². The van der Waals surface area contributed by atoms with Gasteiger partial charge in [0.2, 0.25) is 0 Å². The molecule has 0 spiro atoms. The molecule has 1 fully saturated rings. The maximum Gasteiger partial charge on any atom is 0.0697 e. The van der Waals surface area contributed by atoms with Crippen molar-refractivity contribution in [3.8, 4) is 0 Å². The lowest BCUT2D eigenvalue weighted by molar-refractivity contribution is 0.0883. The first-order valence-corrected chi connectivity index (χ1v) is 3.62. The Morgan fingerprint density at radius 1 is 1.33 bits per heavy atom. The summed E-state index contributed by atoms with van der Waals surface area (Å²) in [5.74, 6) is 0.948. The van der Waals surface area contributed by atoms with Crippen molar-refractivity contribution >= 4 is 0 Å². The van der Waals surface area contributed by atoms with E-state index in [1.54, 1.807) is 0 Å². The largest absolute Gasteiger partial charge is 0.394 e. The molecule has 0 aromatic rings. The molecule has 0 radical (unpaired) electrons. The van der Waals surface area contributed by atoms with E-state index in [2.05, 4.69) is 0 Å². The van der Waals surface area contributed by atoms with E-state index in [9.17, 15) is 0 Å². The van der Waals surface area contributed by atoms with E-state index in [0.717, 1.165) is 12.5 Å². The molecule has 2 heteroatoms. The van der Waals surface area contributed by atoms with E-state index in [-0.39, 0.29) is 6.61 Å². The van der Waals surface area contributed by atoms with Crippen LogP contribution in [-0.2, 0) is 4.74 Å². The normalized spacial score (nSPS) is 18.3. The molecule has 0 bridgehead atoms. The number of aliphatic hydroxyl groups is 1. The van der Waals surface area contributed by atoms with Gasteiger partial charge in [0, 0.05) is 6.61 Å². The van der Waals surface area contributed by atoms with Gasteiger partial charge >= 0.3 is 0 Å². The van der Waals surface area contributed by atoms with E-state index in [4.69, 9.17) is 9.84 Å². The monoisotopic (exact) mass is 130 g/mol. The van der Waals surface area contributed by atoms with Crippen LogP contribution in [0.3, 0.4) is 0 Å². The van der Waals surface area contributed by atoms with Gasteiger partial charge in [0.25, 0.3) is 0 Å². The lowest BCUT2D eigenvalue weighted by atomic mass is 10.3. The van der Waals surface area contributed by atoms with Crippen molar-refractivity contribution < 1.29 is 9.84 Å². The Bertz CT molecular complexity index is 69.3. The highest BCUT2D eigenvalue weighted by atomic mass is 16.5. The Labute approximate surface area is 55.8 Å². The third-order valence-electron chi connectivity index (χ3n) is 1.60. The van der Waals surface area contributed by atoms with Gasteiger partial charge in [-0.25, -0.2) is 0 Å². The van der Waals surface area contributed by atoms with Crippen molar-refractivity contribution in [3.63, 3.8) is 0 Å². The molecular formula is C7H14O2. The third-order valence-corrected chi connectivity index (χ3v) is 1.60. The van der Waals surface area contributed by atoms with Gasteiger partial charge in [-0.05, 0) is 12.3 Å². The fourth-order valence-electron chi connectivity index (χ4n) is 0.823. The van der Waals surface area contributed by atoms with Crippen LogP contribution in [0.4, 0.5) is 0 Å². The molecule has 1 aliphatic carbocycles. The molecular weight excluding hydrogens is 116 g/mol. The molecule has 1 saturated carbocycles. The SMILES string of the molecule is OCCOCCC1CC1. The molecule has 0 saturated heterocycles. The number of aliphatic hydroxyl groups excluding tert-OH is 1. The van der Waals surface area contributed by atoms with Crippen LogP contribution in [0.1, 0.15) is 19.3 Å². The van der Waals surface area contributed by atoms with Crippen LogP contribution in [0, 0.1) is 5.92 Å². The Kier molecular flexibility index (Phi) is 3.01. The standard InChI is InChI=1S/C7H14O2/c8-4-6-9-5-3-7-1-2-7/h7-8H,1-6H2. The Balaban J connectivity index is 1.71. The average molecular weight is 130 g/mol. The lowest BCUT2D eigenvalue weighted by Crippen LogP contribution is -2.00. The summed E-state index contributed by atoms with van der Waals surface area (Å²) in [6, 6.07) is 0. The minimum atomic E-state index is 0.157. The second-order valence-corrected chi connectivity index (χ2v) is 2.57. The van der Waals surface area contributed by atoms with E-state index >= 15 is 0 Å². The van der Waals surface area contributed by atoms with Gasteiger partial charge < -0.3 is 9.84 Å². The summed E-state index contributed by atoms with van der Waals surface area (Å²) in [5, 5.41) is 8.32. The highest BCUT2D eigenvalue weighted by Gasteiger charge is 2.20. The maximum absolute atomic E-state index is 8.32. The second-order valence-electron chi connectivity index (χ2n) is 2.57. The number of hydrogen-bond acceptors (Lipinski definition) is 2. The van der Waals surface area contributed by atoms with Gasteiger partial charge in [0.05, 0.1) is 13.2 Å². The number of rotatable bonds is 5. The van der Waals surface area contributed by atoms with Crippen molar-refractivity contribution in [2.24, 2.45) is 5.92 Å². The molecule has 0 heterocycles. The average Bonchev–Trinajstić information content (AvgIpc) is 2.63. The molecule has 0 amide bonds. The van der Waals surface area contributed by atoms with Crippen LogP contribution in [-0.4, -0.2) is 24.9 Å². The molecule has 1 rings (SSSR count). The molecule has 1 N–H and O–H groups in total. The van der Waals surface area contributed by atoms with Crippen molar-refractivity contribution in [3.05, 3.63) is 0 Å². The highest BCUT2D eigenvalue weighted by Crippen LogP contribution is 2.31. The fourth-order valence-corrected chi connectivity index (χ4v) is 0.823. The summed E-state index contributed by atoms with van der Waals surface area (Å²) in [5.41, 5.74) is 0. The summed E-state index contributed by atoms with van der Waals surface area (Å²) in [6.45, 7) is 1.50. The molecule has 0 aromatic heterocycles. The third kappa shape index (κ3) is 3.49. The molecule has 0 aromatic carbocycles. The Morgan fingerprint density at radius 3 is 2.67 bits per heavy atom. The summed E-state index contributed by atoms with van der Waals surface area (Å²) in [4.78, 5) is 0. The molecule has 1 aliphatic rings. The quantitative estimate of drug-likeness (QED) is 0.558. The van der Waals surface area contributed by atoms with Gasteiger partial charge in [-0.2, -0.15) is 0 Å². The molecule has 0 atom stereocenters. The van der Waals surface area contributed by atoms with Gasteiger partial charge in [0.1, 0.15) is 0 Å². The molecule has 0 unspecified atom stereocenters. The summed E-state index contributed by atoms with van der Waals surface area (Å²) in [6.07, 6.45) is 3.98. The first-order chi connectivity index (χ1) is 4.43. The van der Waals surface area contributed by atoms with Crippen LogP contribution in [0.2, 0.25) is 0 Å². The summed E-state index contributed by atoms with van der Waals surface area (Å²) in [7, 11) is 0. The van der Waals surface area contributed by atoms with E-state index < -0.39 is 0 Å². The Hall–Kier alpha value is -0.0800. The first kappa shape index (κ1) is 7.03. The zero-order valence-corrected chi connectivity index (χ0v) is 5.68. The van der Waals surface area contributed by atoms with E-state index in [0.29, 0.717) is 6.61 Å². The lowest BCUT2D eigenvalue weighted by Gasteiger charge is -1.98. The first-order valence-electron chi connectivity index (χ1n) is 3.62. The maximum atomic E-state index is 8.32. The highest BCUT2D eigenvalue weighted by molar-refractivity contribution is 4.72. The smallest absolute Gasteiger partial charge is 0.0697 e. The predicted octanol–water partition coefficient (Wildman–Crippen LogP) is 0.795. The summed E-state index contributed by atoms with van der Waals surface area (Å²) < 4.78 is 5.08. The van der Waals surface area contributed by atoms with Crippen LogP contribution in [0.25, 0.3) is 0 Å². The minimum absolute atomic E-state index is 0.157. The molecule has 9 heavy (non-hydrogen) atoms. The van der Waals surface area contributed by atoms with Gasteiger partial charge in [0.15, 0.2) is 0 Å². The van der Waals surface area contributed by atoms with Crippen molar-refractivity contribution in [1.82, 2.24) is 0 Å². The molecule has 54 valence electrons.